The van der Waals surface area contributed by atoms with Crippen LogP contribution in [0.15, 0.2) is 21.1 Å². The Hall–Kier alpha value is -0.660. The third-order valence-corrected chi connectivity index (χ3v) is 3.27. The molecule has 7 heteroatoms. The molecule has 4 nitrogen and oxygen atoms in total. The Labute approximate surface area is 121 Å². The van der Waals surface area contributed by atoms with E-state index < -0.39 is 0 Å². The molecular formula is C10H10Br2N2O2S. The fourth-order valence-corrected chi connectivity index (χ4v) is 2.52. The molecule has 0 unspecified atom stereocenters. The van der Waals surface area contributed by atoms with E-state index in [0.717, 1.165) is 8.95 Å². The Balaban J connectivity index is 2.91. The first-order valence-corrected chi connectivity index (χ1v) is 6.54. The van der Waals surface area contributed by atoms with Crippen LogP contribution in [-0.4, -0.2) is 18.0 Å². The molecule has 0 aliphatic rings. The Morgan fingerprint density at radius 3 is 2.65 bits per heavy atom. The van der Waals surface area contributed by atoms with Crippen molar-refractivity contribution in [3.05, 3.63) is 21.1 Å². The number of nitrogens with two attached hydrogens (primary N) is 1. The zero-order valence-electron chi connectivity index (χ0n) is 8.92. The first kappa shape index (κ1) is 14.4. The molecule has 0 spiro atoms. The number of carbonyl (C=O) groups excluding carboxylic acids is 1. The first-order chi connectivity index (χ1) is 7.93. The van der Waals surface area contributed by atoms with Gasteiger partial charge in [0, 0.05) is 10.5 Å². The van der Waals surface area contributed by atoms with Gasteiger partial charge in [0.2, 0.25) is 5.91 Å². The van der Waals surface area contributed by atoms with E-state index in [9.17, 15) is 4.79 Å². The Morgan fingerprint density at radius 2 is 2.12 bits per heavy atom. The molecule has 1 amide bonds. The number of methoxy groups -OCH3 is 1. The third kappa shape index (κ3) is 4.25. The van der Waals surface area contributed by atoms with Gasteiger partial charge in [0.25, 0.3) is 0 Å². The van der Waals surface area contributed by atoms with Crippen LogP contribution >= 0.6 is 44.1 Å². The second kappa shape index (κ2) is 6.32. The van der Waals surface area contributed by atoms with E-state index in [4.69, 9.17) is 10.5 Å². The molecule has 0 fully saturated rings. The second-order valence-electron chi connectivity index (χ2n) is 3.16. The maximum Gasteiger partial charge on any atom is 0.231 e. The van der Waals surface area contributed by atoms with Gasteiger partial charge in [0.1, 0.15) is 5.75 Å². The maximum atomic E-state index is 11.5. The molecule has 3 N–H and O–H groups in total. The summed E-state index contributed by atoms with van der Waals surface area (Å²) >= 11 is 11.3. The molecule has 0 atom stereocenters. The van der Waals surface area contributed by atoms with Gasteiger partial charge in [-0.1, -0.05) is 12.2 Å². The lowest BCUT2D eigenvalue weighted by molar-refractivity contribution is -0.115. The molecule has 1 rings (SSSR count). The van der Waals surface area contributed by atoms with Gasteiger partial charge < -0.3 is 15.8 Å². The van der Waals surface area contributed by atoms with E-state index in [-0.39, 0.29) is 17.3 Å². The highest BCUT2D eigenvalue weighted by Gasteiger charge is 2.10. The molecule has 0 saturated heterocycles. The highest BCUT2D eigenvalue weighted by Crippen LogP contribution is 2.34. The molecule has 0 radical (unpaired) electrons. The summed E-state index contributed by atoms with van der Waals surface area (Å²) in [5.41, 5.74) is 5.90. The van der Waals surface area contributed by atoms with Crippen molar-refractivity contribution in [1.29, 1.82) is 0 Å². The zero-order chi connectivity index (χ0) is 13.0. The van der Waals surface area contributed by atoms with E-state index >= 15 is 0 Å². The predicted molar refractivity (Wildman–Crippen MR) is 78.4 cm³/mol. The van der Waals surface area contributed by atoms with Crippen LogP contribution in [0.3, 0.4) is 0 Å². The van der Waals surface area contributed by atoms with Crippen LogP contribution in [0.2, 0.25) is 0 Å². The predicted octanol–water partition coefficient (Wildman–Crippen LogP) is 2.83. The topological polar surface area (TPSA) is 64.3 Å². The van der Waals surface area contributed by atoms with Crippen LogP contribution in [-0.2, 0) is 4.79 Å². The lowest BCUT2D eigenvalue weighted by Crippen LogP contribution is -2.20. The summed E-state index contributed by atoms with van der Waals surface area (Å²) in [4.78, 5) is 11.7. The molecule has 92 valence electrons. The monoisotopic (exact) mass is 380 g/mol. The molecule has 0 aliphatic carbocycles. The molecule has 0 aliphatic heterocycles. The van der Waals surface area contributed by atoms with Crippen molar-refractivity contribution in [2.75, 3.05) is 12.4 Å². The number of anilines is 1. The van der Waals surface area contributed by atoms with Crippen LogP contribution < -0.4 is 15.8 Å². The zero-order valence-corrected chi connectivity index (χ0v) is 12.9. The van der Waals surface area contributed by atoms with Gasteiger partial charge in [0.05, 0.1) is 28.7 Å². The van der Waals surface area contributed by atoms with Crippen LogP contribution in [0.4, 0.5) is 5.69 Å². The molecule has 0 heterocycles. The van der Waals surface area contributed by atoms with E-state index in [1.165, 1.54) is 0 Å². The number of halogens is 2. The number of thiocarbonyl (C=S) groups is 1. The van der Waals surface area contributed by atoms with E-state index in [0.29, 0.717) is 11.4 Å². The molecule has 0 aromatic heterocycles. The lowest BCUT2D eigenvalue weighted by atomic mass is 10.3. The first-order valence-electron chi connectivity index (χ1n) is 4.55. The number of carbonyl (C=O) groups is 1. The van der Waals surface area contributed by atoms with Crippen LogP contribution in [0, 0.1) is 0 Å². The highest BCUT2D eigenvalue weighted by molar-refractivity contribution is 9.11. The standard InChI is InChI=1S/C10H10Br2N2O2S/c1-16-8-3-7(5(11)2-6(8)12)14-10(15)4-9(13)17/h2-3H,4H2,1H3,(H2,13,17)(H,14,15). The van der Waals surface area contributed by atoms with E-state index in [2.05, 4.69) is 49.4 Å². The molecule has 17 heavy (non-hydrogen) atoms. The second-order valence-corrected chi connectivity index (χ2v) is 5.39. The summed E-state index contributed by atoms with van der Waals surface area (Å²) in [5.74, 6) is 0.362. The Kier molecular flexibility index (Phi) is 5.35. The van der Waals surface area contributed by atoms with Crippen molar-refractivity contribution in [3.63, 3.8) is 0 Å². The molecule has 0 saturated carbocycles. The van der Waals surface area contributed by atoms with Gasteiger partial charge in [0.15, 0.2) is 0 Å². The smallest absolute Gasteiger partial charge is 0.231 e. The highest BCUT2D eigenvalue weighted by atomic mass is 79.9. The minimum absolute atomic E-state index is 0.0140. The maximum absolute atomic E-state index is 11.5. The average Bonchev–Trinajstić information content (AvgIpc) is 2.20. The number of benzene rings is 1. The minimum atomic E-state index is -0.262. The number of hydrogen-bond donors (Lipinski definition) is 2. The lowest BCUT2D eigenvalue weighted by Gasteiger charge is -2.10. The number of nitrogens with one attached hydrogen (secondary N) is 1. The normalized spacial score (nSPS) is 9.82. The summed E-state index contributed by atoms with van der Waals surface area (Å²) in [6.07, 6.45) is 0.0140. The summed E-state index contributed by atoms with van der Waals surface area (Å²) < 4.78 is 6.66. The van der Waals surface area contributed by atoms with Crippen molar-refractivity contribution < 1.29 is 9.53 Å². The van der Waals surface area contributed by atoms with Crippen molar-refractivity contribution in [1.82, 2.24) is 0 Å². The number of ether oxygens (including phenoxy) is 1. The fraction of sp³-hybridized carbons (Fsp3) is 0.200. The SMILES string of the molecule is COc1cc(NC(=O)CC(N)=S)c(Br)cc1Br. The van der Waals surface area contributed by atoms with Crippen molar-refractivity contribution >= 4 is 60.7 Å². The van der Waals surface area contributed by atoms with Crippen molar-refractivity contribution in [2.45, 2.75) is 6.42 Å². The molecule has 1 aromatic carbocycles. The van der Waals surface area contributed by atoms with Gasteiger partial charge in [-0.15, -0.1) is 0 Å². The molecule has 0 bridgehead atoms. The molecule has 1 aromatic rings. The third-order valence-electron chi connectivity index (χ3n) is 1.85. The summed E-state index contributed by atoms with van der Waals surface area (Å²) in [6.45, 7) is 0. The Bertz CT molecular complexity index is 466. The van der Waals surface area contributed by atoms with E-state index in [1.54, 1.807) is 19.2 Å². The average molecular weight is 382 g/mol. The van der Waals surface area contributed by atoms with Crippen LogP contribution in [0.25, 0.3) is 0 Å². The summed E-state index contributed by atoms with van der Waals surface area (Å²) in [5, 5.41) is 2.69. The number of rotatable bonds is 4. The largest absolute Gasteiger partial charge is 0.495 e. The van der Waals surface area contributed by atoms with Crippen molar-refractivity contribution in [3.8, 4) is 5.75 Å². The van der Waals surface area contributed by atoms with Gasteiger partial charge in [-0.05, 0) is 37.9 Å². The van der Waals surface area contributed by atoms with Crippen LogP contribution in [0.1, 0.15) is 6.42 Å². The Morgan fingerprint density at radius 1 is 1.47 bits per heavy atom. The van der Waals surface area contributed by atoms with Gasteiger partial charge in [-0.3, -0.25) is 4.79 Å². The van der Waals surface area contributed by atoms with Gasteiger partial charge >= 0.3 is 0 Å². The molecular weight excluding hydrogens is 372 g/mol. The summed E-state index contributed by atoms with van der Waals surface area (Å²) in [6, 6.07) is 3.49. The number of amides is 1. The van der Waals surface area contributed by atoms with Gasteiger partial charge in [-0.25, -0.2) is 0 Å². The summed E-state index contributed by atoms with van der Waals surface area (Å²) in [7, 11) is 1.55. The van der Waals surface area contributed by atoms with E-state index in [1.807, 2.05) is 0 Å². The quantitative estimate of drug-likeness (QED) is 0.787. The van der Waals surface area contributed by atoms with Crippen LogP contribution in [0.5, 0.6) is 5.75 Å². The number of hydrogen-bond acceptors (Lipinski definition) is 3. The van der Waals surface area contributed by atoms with Crippen molar-refractivity contribution in [2.24, 2.45) is 5.73 Å². The van der Waals surface area contributed by atoms with Gasteiger partial charge in [-0.2, -0.15) is 0 Å². The fourth-order valence-electron chi connectivity index (χ4n) is 1.13. The minimum Gasteiger partial charge on any atom is -0.495 e.